The molecule has 0 aromatic heterocycles. The molecule has 1 saturated heterocycles. The fourth-order valence-electron chi connectivity index (χ4n) is 4.35. The number of methoxy groups -OCH3 is 2. The van der Waals surface area contributed by atoms with Crippen molar-refractivity contribution < 1.29 is 28.6 Å². The van der Waals surface area contributed by atoms with Crippen LogP contribution in [0.3, 0.4) is 0 Å². The van der Waals surface area contributed by atoms with E-state index in [2.05, 4.69) is 0 Å². The van der Waals surface area contributed by atoms with E-state index in [0.717, 1.165) is 11.1 Å². The van der Waals surface area contributed by atoms with Crippen molar-refractivity contribution in [3.63, 3.8) is 0 Å². The van der Waals surface area contributed by atoms with Gasteiger partial charge in [-0.1, -0.05) is 35.9 Å². The molecule has 1 atom stereocenters. The number of aryl methyl sites for hydroxylation is 1. The third-order valence-corrected chi connectivity index (χ3v) is 6.10. The molecule has 6 nitrogen and oxygen atoms in total. The average molecular weight is 476 g/mol. The minimum absolute atomic E-state index is 0.0143. The number of aliphatic hydroxyl groups excluding tert-OH is 1. The summed E-state index contributed by atoms with van der Waals surface area (Å²) in [6, 6.07) is 17.3. The van der Waals surface area contributed by atoms with Crippen LogP contribution in [0.1, 0.15) is 28.3 Å². The third-order valence-electron chi connectivity index (χ3n) is 6.10. The largest absolute Gasteiger partial charge is 0.507 e. The highest BCUT2D eigenvalue weighted by Gasteiger charge is 2.45. The quantitative estimate of drug-likeness (QED) is 0.301. The molecule has 180 valence electrons. The van der Waals surface area contributed by atoms with Crippen LogP contribution in [-0.4, -0.2) is 42.5 Å². The first-order chi connectivity index (χ1) is 16.8. The van der Waals surface area contributed by atoms with Crippen LogP contribution in [0, 0.1) is 12.7 Å². The van der Waals surface area contributed by atoms with Crippen LogP contribution in [0.2, 0.25) is 0 Å². The second-order valence-electron chi connectivity index (χ2n) is 8.35. The van der Waals surface area contributed by atoms with E-state index in [-0.39, 0.29) is 23.4 Å². The third kappa shape index (κ3) is 4.75. The Morgan fingerprint density at radius 3 is 2.34 bits per heavy atom. The van der Waals surface area contributed by atoms with Crippen molar-refractivity contribution in [1.29, 1.82) is 0 Å². The van der Waals surface area contributed by atoms with Gasteiger partial charge in [-0.2, -0.15) is 0 Å². The monoisotopic (exact) mass is 475 g/mol. The number of likely N-dealkylation sites (tertiary alicyclic amines) is 1. The zero-order chi connectivity index (χ0) is 25.1. The van der Waals surface area contributed by atoms with E-state index >= 15 is 0 Å². The summed E-state index contributed by atoms with van der Waals surface area (Å²) in [6.45, 7) is 2.15. The van der Waals surface area contributed by atoms with Crippen LogP contribution < -0.4 is 9.47 Å². The summed E-state index contributed by atoms with van der Waals surface area (Å²) in [6.07, 6.45) is 0.451. The molecule has 0 radical (unpaired) electrons. The molecule has 7 heteroatoms. The average Bonchev–Trinajstić information content (AvgIpc) is 3.12. The molecule has 1 heterocycles. The van der Waals surface area contributed by atoms with E-state index in [9.17, 15) is 19.1 Å². The van der Waals surface area contributed by atoms with Gasteiger partial charge in [0.2, 0.25) is 0 Å². The Bertz CT molecular complexity index is 1300. The summed E-state index contributed by atoms with van der Waals surface area (Å²) < 4.78 is 24.1. The molecule has 1 unspecified atom stereocenters. The fraction of sp³-hybridized carbons (Fsp3) is 0.214. The van der Waals surface area contributed by atoms with Crippen molar-refractivity contribution >= 4 is 17.4 Å². The summed E-state index contributed by atoms with van der Waals surface area (Å²) in [7, 11) is 3.10. The molecule has 0 bridgehead atoms. The molecule has 0 spiro atoms. The summed E-state index contributed by atoms with van der Waals surface area (Å²) in [5, 5.41) is 11.1. The van der Waals surface area contributed by atoms with Gasteiger partial charge in [0.15, 0.2) is 11.5 Å². The molecule has 1 aliphatic heterocycles. The van der Waals surface area contributed by atoms with Gasteiger partial charge in [-0.25, -0.2) is 4.39 Å². The molecular formula is C28H26FNO5. The lowest BCUT2D eigenvalue weighted by Gasteiger charge is -2.26. The number of ketones is 1. The topological polar surface area (TPSA) is 76.1 Å². The number of halogens is 1. The number of nitrogens with zero attached hydrogens (tertiary/aromatic N) is 1. The number of rotatable bonds is 7. The van der Waals surface area contributed by atoms with Crippen LogP contribution in [-0.2, 0) is 16.0 Å². The van der Waals surface area contributed by atoms with Crippen LogP contribution in [0.15, 0.2) is 72.3 Å². The highest BCUT2D eigenvalue weighted by Crippen LogP contribution is 2.40. The number of aliphatic hydroxyl groups is 1. The van der Waals surface area contributed by atoms with E-state index in [1.54, 1.807) is 20.3 Å². The molecule has 0 saturated carbocycles. The Morgan fingerprint density at radius 2 is 1.69 bits per heavy atom. The lowest BCUT2D eigenvalue weighted by Crippen LogP contribution is -2.31. The van der Waals surface area contributed by atoms with Crippen LogP contribution in [0.25, 0.3) is 5.76 Å². The second-order valence-corrected chi connectivity index (χ2v) is 8.35. The van der Waals surface area contributed by atoms with Crippen molar-refractivity contribution in [1.82, 2.24) is 4.90 Å². The maximum absolute atomic E-state index is 13.4. The Kier molecular flexibility index (Phi) is 6.87. The van der Waals surface area contributed by atoms with E-state index in [1.165, 1.54) is 29.2 Å². The zero-order valence-electron chi connectivity index (χ0n) is 19.7. The highest BCUT2D eigenvalue weighted by atomic mass is 19.1. The minimum Gasteiger partial charge on any atom is -0.507 e. The predicted molar refractivity (Wildman–Crippen MR) is 130 cm³/mol. The van der Waals surface area contributed by atoms with Crippen LogP contribution in [0.5, 0.6) is 11.5 Å². The minimum atomic E-state index is -0.778. The van der Waals surface area contributed by atoms with Crippen molar-refractivity contribution in [3.05, 3.63) is 100 Å². The normalized spacial score (nSPS) is 17.0. The van der Waals surface area contributed by atoms with Gasteiger partial charge in [0.05, 0.1) is 25.8 Å². The van der Waals surface area contributed by atoms with Crippen LogP contribution in [0.4, 0.5) is 4.39 Å². The Morgan fingerprint density at radius 1 is 0.971 bits per heavy atom. The van der Waals surface area contributed by atoms with Crippen molar-refractivity contribution in [3.8, 4) is 11.5 Å². The van der Waals surface area contributed by atoms with Gasteiger partial charge < -0.3 is 19.5 Å². The zero-order valence-corrected chi connectivity index (χ0v) is 19.7. The number of hydrogen-bond donors (Lipinski definition) is 1. The van der Waals surface area contributed by atoms with E-state index in [1.807, 2.05) is 43.3 Å². The first kappa shape index (κ1) is 24.0. The summed E-state index contributed by atoms with van der Waals surface area (Å²) in [5.41, 5.74) is 2.81. The predicted octanol–water partition coefficient (Wildman–Crippen LogP) is 4.82. The van der Waals surface area contributed by atoms with Crippen molar-refractivity contribution in [2.24, 2.45) is 0 Å². The molecule has 1 amide bonds. The Balaban J connectivity index is 1.74. The van der Waals surface area contributed by atoms with Gasteiger partial charge in [-0.3, -0.25) is 9.59 Å². The van der Waals surface area contributed by atoms with Crippen molar-refractivity contribution in [2.45, 2.75) is 19.4 Å². The van der Waals surface area contributed by atoms with Crippen LogP contribution >= 0.6 is 0 Å². The molecule has 3 aromatic carbocycles. The first-order valence-corrected chi connectivity index (χ1v) is 11.2. The standard InChI is InChI=1S/C28H26FNO5/c1-17-5-4-6-20(15-17)25-24(26(31)19-8-10-21(29)11-9-19)27(32)28(33)30(25)14-13-18-7-12-22(34-2)23(16-18)35-3/h4-12,15-16,25,31H,13-14H2,1-3H3/b26-24+. The number of hydrogen-bond acceptors (Lipinski definition) is 5. The Hall–Kier alpha value is -4.13. The summed E-state index contributed by atoms with van der Waals surface area (Å²) >= 11 is 0. The van der Waals surface area contributed by atoms with Gasteiger partial charge in [-0.05, 0) is 60.9 Å². The molecule has 4 rings (SSSR count). The number of ether oxygens (including phenoxy) is 2. The van der Waals surface area contributed by atoms with Crippen molar-refractivity contribution in [2.75, 3.05) is 20.8 Å². The summed E-state index contributed by atoms with van der Waals surface area (Å²) in [4.78, 5) is 27.8. The summed E-state index contributed by atoms with van der Waals surface area (Å²) in [5.74, 6) is -1.10. The molecule has 35 heavy (non-hydrogen) atoms. The molecule has 3 aromatic rings. The highest BCUT2D eigenvalue weighted by molar-refractivity contribution is 6.46. The van der Waals surface area contributed by atoms with Gasteiger partial charge in [0.1, 0.15) is 11.6 Å². The lowest BCUT2D eigenvalue weighted by molar-refractivity contribution is -0.139. The SMILES string of the molecule is COc1ccc(CCN2C(=O)C(=O)/C(=C(/O)c3ccc(F)cc3)C2c2cccc(C)c2)cc1OC. The molecular weight excluding hydrogens is 449 g/mol. The smallest absolute Gasteiger partial charge is 0.295 e. The number of amides is 1. The number of Topliss-reactive ketones (excluding diaryl/α,β-unsaturated/α-hetero) is 1. The molecule has 1 aliphatic rings. The molecule has 0 aliphatic carbocycles. The van der Waals surface area contributed by atoms with Gasteiger partial charge in [0, 0.05) is 12.1 Å². The molecule has 1 N–H and O–H groups in total. The maximum atomic E-state index is 13.4. The first-order valence-electron chi connectivity index (χ1n) is 11.2. The van der Waals surface area contributed by atoms with E-state index < -0.39 is 23.5 Å². The Labute approximate surface area is 203 Å². The molecule has 1 fully saturated rings. The fourth-order valence-corrected chi connectivity index (χ4v) is 4.35. The number of carbonyl (C=O) groups excluding carboxylic acids is 2. The van der Waals surface area contributed by atoms with Gasteiger partial charge in [-0.15, -0.1) is 0 Å². The van der Waals surface area contributed by atoms with Gasteiger partial charge in [0.25, 0.3) is 11.7 Å². The second kappa shape index (κ2) is 10.0. The van der Waals surface area contributed by atoms with E-state index in [4.69, 9.17) is 9.47 Å². The lowest BCUT2D eigenvalue weighted by atomic mass is 9.94. The van der Waals surface area contributed by atoms with E-state index in [0.29, 0.717) is 23.5 Å². The van der Waals surface area contributed by atoms with Gasteiger partial charge >= 0.3 is 0 Å². The maximum Gasteiger partial charge on any atom is 0.295 e. The number of carbonyl (C=O) groups is 2. The number of benzene rings is 3.